The first-order valence-electron chi connectivity index (χ1n) is 7.39. The van der Waals surface area contributed by atoms with Crippen molar-refractivity contribution < 1.29 is 9.53 Å². The predicted octanol–water partition coefficient (Wildman–Crippen LogP) is 3.00. The van der Waals surface area contributed by atoms with Crippen LogP contribution >= 0.6 is 27.5 Å². The number of aryl methyl sites for hydroxylation is 1. The van der Waals surface area contributed by atoms with Crippen LogP contribution in [0.1, 0.15) is 16.2 Å². The van der Waals surface area contributed by atoms with E-state index in [1.54, 1.807) is 47.4 Å². The highest BCUT2D eigenvalue weighted by atomic mass is 79.9. The van der Waals surface area contributed by atoms with Gasteiger partial charge in [-0.25, -0.2) is 4.68 Å². The van der Waals surface area contributed by atoms with E-state index in [-0.39, 0.29) is 12.6 Å². The summed E-state index contributed by atoms with van der Waals surface area (Å²) in [6.45, 7) is 0.464. The maximum atomic E-state index is 12.4. The van der Waals surface area contributed by atoms with Crippen molar-refractivity contribution >= 4 is 33.4 Å². The van der Waals surface area contributed by atoms with Gasteiger partial charge in [-0.15, -0.1) is 0 Å². The van der Waals surface area contributed by atoms with Crippen LogP contribution in [0.25, 0.3) is 0 Å². The molecule has 2 heterocycles. The molecule has 0 radical (unpaired) electrons. The summed E-state index contributed by atoms with van der Waals surface area (Å²) in [5.74, 6) is 0.398. The van der Waals surface area contributed by atoms with Crippen LogP contribution in [0, 0.1) is 0 Å². The van der Waals surface area contributed by atoms with Gasteiger partial charge < -0.3 is 10.1 Å². The largest absolute Gasteiger partial charge is 0.471 e. The minimum absolute atomic E-state index is 0.118. The zero-order chi connectivity index (χ0) is 17.8. The van der Waals surface area contributed by atoms with Gasteiger partial charge in [0.2, 0.25) is 0 Å². The molecule has 0 saturated carbocycles. The van der Waals surface area contributed by atoms with Gasteiger partial charge in [0.15, 0.2) is 6.73 Å². The third-order valence-corrected chi connectivity index (χ3v) is 4.46. The van der Waals surface area contributed by atoms with Gasteiger partial charge >= 0.3 is 0 Å². The molecular weight excluding hydrogens is 410 g/mol. The van der Waals surface area contributed by atoms with Crippen molar-refractivity contribution in [3.05, 3.63) is 63.6 Å². The highest BCUT2D eigenvalue weighted by Gasteiger charge is 2.14. The van der Waals surface area contributed by atoms with Gasteiger partial charge in [-0.2, -0.15) is 10.2 Å². The van der Waals surface area contributed by atoms with Gasteiger partial charge in [0.25, 0.3) is 5.91 Å². The molecule has 3 aromatic rings. The summed E-state index contributed by atoms with van der Waals surface area (Å²) in [5, 5.41) is 11.7. The zero-order valence-corrected chi connectivity index (χ0v) is 15.7. The molecule has 130 valence electrons. The number of carbonyl (C=O) groups is 1. The number of nitrogens with zero attached hydrogens (tertiary/aromatic N) is 4. The normalized spacial score (nSPS) is 10.7. The van der Waals surface area contributed by atoms with E-state index in [1.165, 1.54) is 4.68 Å². The molecule has 0 aliphatic heterocycles. The minimum Gasteiger partial charge on any atom is -0.471 e. The molecule has 25 heavy (non-hydrogen) atoms. The lowest BCUT2D eigenvalue weighted by molar-refractivity contribution is 0.0928. The number of ether oxygens (including phenoxy) is 1. The van der Waals surface area contributed by atoms with Crippen molar-refractivity contribution in [2.75, 3.05) is 0 Å². The van der Waals surface area contributed by atoms with Crippen LogP contribution in [0.2, 0.25) is 5.02 Å². The second kappa shape index (κ2) is 7.71. The van der Waals surface area contributed by atoms with Crippen LogP contribution in [0.5, 0.6) is 5.75 Å². The minimum atomic E-state index is -0.245. The Morgan fingerprint density at radius 2 is 2.04 bits per heavy atom. The van der Waals surface area contributed by atoms with Crippen molar-refractivity contribution in [2.24, 2.45) is 7.05 Å². The lowest BCUT2D eigenvalue weighted by atomic mass is 10.3. The Morgan fingerprint density at radius 3 is 2.72 bits per heavy atom. The van der Waals surface area contributed by atoms with Gasteiger partial charge in [-0.1, -0.05) is 11.6 Å². The molecule has 1 amide bonds. The molecule has 2 aromatic heterocycles. The zero-order valence-electron chi connectivity index (χ0n) is 13.3. The molecule has 0 unspecified atom stereocenters. The second-order valence-electron chi connectivity index (χ2n) is 5.19. The Labute approximate surface area is 157 Å². The van der Waals surface area contributed by atoms with E-state index in [0.717, 1.165) is 10.2 Å². The van der Waals surface area contributed by atoms with E-state index in [2.05, 4.69) is 31.4 Å². The number of hydrogen-bond acceptors (Lipinski definition) is 4. The highest BCUT2D eigenvalue weighted by Crippen LogP contribution is 2.16. The van der Waals surface area contributed by atoms with E-state index < -0.39 is 0 Å². The molecule has 1 N–H and O–H groups in total. The first kappa shape index (κ1) is 17.5. The average molecular weight is 425 g/mol. The van der Waals surface area contributed by atoms with Crippen LogP contribution in [-0.2, 0) is 20.3 Å². The number of hydrogen-bond donors (Lipinski definition) is 1. The molecule has 0 fully saturated rings. The Kier molecular flexibility index (Phi) is 5.40. The number of aromatic nitrogens is 4. The molecule has 9 heteroatoms. The van der Waals surface area contributed by atoms with E-state index >= 15 is 0 Å². The summed E-state index contributed by atoms with van der Waals surface area (Å²) in [6, 6.07) is 8.62. The molecule has 0 aliphatic carbocycles. The third-order valence-electron chi connectivity index (χ3n) is 3.54. The SMILES string of the molecule is Cn1ncc(Br)c1CNC(=O)c1ccnn1COc1ccc(Cl)cc1. The van der Waals surface area contributed by atoms with Crippen LogP contribution in [-0.4, -0.2) is 25.5 Å². The summed E-state index contributed by atoms with van der Waals surface area (Å²) < 4.78 is 9.66. The monoisotopic (exact) mass is 423 g/mol. The highest BCUT2D eigenvalue weighted by molar-refractivity contribution is 9.10. The summed E-state index contributed by atoms with van der Waals surface area (Å²) in [5.41, 5.74) is 1.28. The predicted molar refractivity (Wildman–Crippen MR) is 96.4 cm³/mol. The van der Waals surface area contributed by atoms with Crippen molar-refractivity contribution in [1.29, 1.82) is 0 Å². The number of amides is 1. The molecule has 0 atom stereocenters. The van der Waals surface area contributed by atoms with Gasteiger partial charge in [-0.3, -0.25) is 9.48 Å². The first-order valence-corrected chi connectivity index (χ1v) is 8.56. The Balaban J connectivity index is 1.62. The maximum Gasteiger partial charge on any atom is 0.270 e. The molecule has 3 rings (SSSR count). The summed E-state index contributed by atoms with van der Waals surface area (Å²) >= 11 is 9.25. The Hall–Kier alpha value is -2.32. The summed E-state index contributed by atoms with van der Waals surface area (Å²) in [4.78, 5) is 12.4. The Morgan fingerprint density at radius 1 is 1.28 bits per heavy atom. The van der Waals surface area contributed by atoms with Gasteiger partial charge in [0, 0.05) is 18.3 Å². The van der Waals surface area contributed by atoms with Crippen molar-refractivity contribution in [2.45, 2.75) is 13.3 Å². The quantitative estimate of drug-likeness (QED) is 0.660. The van der Waals surface area contributed by atoms with Crippen LogP contribution < -0.4 is 10.1 Å². The number of carbonyl (C=O) groups excluding carboxylic acids is 1. The molecule has 0 aliphatic rings. The van der Waals surface area contributed by atoms with Crippen molar-refractivity contribution in [1.82, 2.24) is 24.9 Å². The first-order chi connectivity index (χ1) is 12.0. The number of benzene rings is 1. The number of rotatable bonds is 6. The molecule has 0 spiro atoms. The molecular formula is C16H15BrClN5O2. The van der Waals surface area contributed by atoms with Gasteiger partial charge in [0.1, 0.15) is 11.4 Å². The number of nitrogens with one attached hydrogen (secondary N) is 1. The topological polar surface area (TPSA) is 74.0 Å². The summed E-state index contributed by atoms with van der Waals surface area (Å²) in [7, 11) is 1.82. The summed E-state index contributed by atoms with van der Waals surface area (Å²) in [6.07, 6.45) is 3.24. The van der Waals surface area contributed by atoms with Crippen molar-refractivity contribution in [3.63, 3.8) is 0 Å². The van der Waals surface area contributed by atoms with Crippen LogP contribution in [0.3, 0.4) is 0 Å². The fraction of sp³-hybridized carbons (Fsp3) is 0.188. The van der Waals surface area contributed by atoms with E-state index in [9.17, 15) is 4.79 Å². The standard InChI is InChI=1S/C16H15BrClN5O2/c1-22-15(13(17)8-21-22)9-19-16(24)14-6-7-20-23(14)10-25-12-4-2-11(18)3-5-12/h2-8H,9-10H2,1H3,(H,19,24). The maximum absolute atomic E-state index is 12.4. The van der Waals surface area contributed by atoms with E-state index in [1.807, 2.05) is 7.05 Å². The smallest absolute Gasteiger partial charge is 0.270 e. The van der Waals surface area contributed by atoms with Gasteiger partial charge in [0.05, 0.1) is 22.9 Å². The lowest BCUT2D eigenvalue weighted by Crippen LogP contribution is -2.27. The van der Waals surface area contributed by atoms with Crippen molar-refractivity contribution in [3.8, 4) is 5.75 Å². The second-order valence-corrected chi connectivity index (χ2v) is 6.48. The molecule has 1 aromatic carbocycles. The van der Waals surface area contributed by atoms with E-state index in [0.29, 0.717) is 23.0 Å². The van der Waals surface area contributed by atoms with Crippen LogP contribution in [0.4, 0.5) is 0 Å². The van der Waals surface area contributed by atoms with Gasteiger partial charge in [-0.05, 0) is 46.3 Å². The molecule has 7 nitrogen and oxygen atoms in total. The molecule has 0 bridgehead atoms. The third kappa shape index (κ3) is 4.21. The molecule has 0 saturated heterocycles. The fourth-order valence-corrected chi connectivity index (χ4v) is 2.80. The Bertz CT molecular complexity index is 856. The fourth-order valence-electron chi connectivity index (χ4n) is 2.18. The van der Waals surface area contributed by atoms with Crippen LogP contribution in [0.15, 0.2) is 47.2 Å². The number of halogens is 2. The van der Waals surface area contributed by atoms with E-state index in [4.69, 9.17) is 16.3 Å². The lowest BCUT2D eigenvalue weighted by Gasteiger charge is -2.10. The average Bonchev–Trinajstić information content (AvgIpc) is 3.19.